The molecule has 2 aromatic carbocycles. The summed E-state index contributed by atoms with van der Waals surface area (Å²) in [6.07, 6.45) is 5.66. The molecule has 0 bridgehead atoms. The van der Waals surface area contributed by atoms with Crippen molar-refractivity contribution in [1.29, 1.82) is 0 Å². The van der Waals surface area contributed by atoms with Gasteiger partial charge >= 0.3 is 0 Å². The zero-order valence-electron chi connectivity index (χ0n) is 23.0. The van der Waals surface area contributed by atoms with Crippen LogP contribution in [0.1, 0.15) is 19.6 Å². The molecule has 1 aliphatic rings. The van der Waals surface area contributed by atoms with Crippen LogP contribution in [0.5, 0.6) is 5.75 Å². The Morgan fingerprint density at radius 2 is 2.03 bits per heavy atom. The number of fused-ring (bicyclic) bond motifs is 1. The van der Waals surface area contributed by atoms with Crippen LogP contribution in [0.25, 0.3) is 5.57 Å². The molecule has 8 heteroatoms. The van der Waals surface area contributed by atoms with Crippen molar-refractivity contribution in [2.45, 2.75) is 6.42 Å². The number of likely N-dealkylation sites (N-methyl/N-ethyl adjacent to an activating group) is 2. The van der Waals surface area contributed by atoms with Crippen molar-refractivity contribution in [2.24, 2.45) is 0 Å². The lowest BCUT2D eigenvalue weighted by Gasteiger charge is -2.26. The number of benzene rings is 2. The van der Waals surface area contributed by atoms with E-state index in [9.17, 15) is 4.79 Å². The summed E-state index contributed by atoms with van der Waals surface area (Å²) in [7, 11) is 7.49. The molecule has 0 unspecified atom stereocenters. The van der Waals surface area contributed by atoms with Crippen LogP contribution in [0.15, 0.2) is 67.3 Å². The second kappa shape index (κ2) is 11.0. The summed E-state index contributed by atoms with van der Waals surface area (Å²) in [5.41, 5.74) is 6.10. The number of carbonyl (C=O) groups is 1. The van der Waals surface area contributed by atoms with Gasteiger partial charge < -0.3 is 25.2 Å². The van der Waals surface area contributed by atoms with Crippen LogP contribution in [0.2, 0.25) is 0 Å². The Labute approximate surface area is 215 Å². The van der Waals surface area contributed by atoms with Crippen molar-refractivity contribution in [1.82, 2.24) is 14.9 Å². The highest BCUT2D eigenvalue weighted by atomic mass is 16.5. The minimum Gasteiger partial charge on any atom is -0.494 e. The number of carbonyl (C=O) groups excluding carboxylic acids is 1. The lowest BCUT2D eigenvalue weighted by molar-refractivity contribution is -0.111. The molecule has 36 heavy (non-hydrogen) atoms. The van der Waals surface area contributed by atoms with Crippen LogP contribution in [0.4, 0.5) is 23.0 Å². The van der Waals surface area contributed by atoms with Crippen molar-refractivity contribution in [3.8, 4) is 5.75 Å². The van der Waals surface area contributed by atoms with Gasteiger partial charge in [-0.3, -0.25) is 4.79 Å². The Morgan fingerprint density at radius 3 is 2.81 bits per heavy atom. The SMILES string of the molecule is [2H]C([2H])=CC(=O)Nc1cc(Nc2nccc(C3=CCc4ccccc43)n2)c(OC)cc1N(C)CCN(C)C. The smallest absolute Gasteiger partial charge is 0.247 e. The molecule has 1 amide bonds. The predicted molar refractivity (Wildman–Crippen MR) is 146 cm³/mol. The van der Waals surface area contributed by atoms with Gasteiger partial charge in [-0.25, -0.2) is 9.97 Å². The standard InChI is InChI=1S/C28H32N6O2/c1-6-27(35)30-23-17-24(26(36-5)18-25(23)34(4)16-15-33(2)3)32-28-29-14-13-22(31-28)21-12-11-19-9-7-8-10-20(19)21/h6-10,12-14,17-18H,1,11,15-16H2,2-5H3,(H,30,35)(H,29,31,32)/i1D2. The Bertz CT molecular complexity index is 1390. The van der Waals surface area contributed by atoms with Gasteiger partial charge in [0.25, 0.3) is 0 Å². The molecule has 2 N–H and O–H groups in total. The van der Waals surface area contributed by atoms with Crippen LogP contribution in [0.3, 0.4) is 0 Å². The van der Waals surface area contributed by atoms with Gasteiger partial charge in [0.2, 0.25) is 11.9 Å². The van der Waals surface area contributed by atoms with E-state index in [2.05, 4.69) is 38.7 Å². The molecular weight excluding hydrogens is 452 g/mol. The van der Waals surface area contributed by atoms with Crippen LogP contribution >= 0.6 is 0 Å². The monoisotopic (exact) mass is 486 g/mol. The Morgan fingerprint density at radius 1 is 1.19 bits per heavy atom. The molecule has 1 aromatic heterocycles. The number of allylic oxidation sites excluding steroid dienone is 1. The molecule has 0 spiro atoms. The van der Waals surface area contributed by atoms with Crippen molar-refractivity contribution in [2.75, 3.05) is 56.9 Å². The molecule has 1 heterocycles. The molecule has 0 aliphatic heterocycles. The van der Waals surface area contributed by atoms with Crippen LogP contribution in [-0.2, 0) is 11.2 Å². The minimum atomic E-state index is -0.579. The summed E-state index contributed by atoms with van der Waals surface area (Å²) in [5.74, 6) is 0.372. The lowest BCUT2D eigenvalue weighted by Crippen LogP contribution is -2.29. The summed E-state index contributed by atoms with van der Waals surface area (Å²) in [5, 5.41) is 6.04. The number of hydrogen-bond acceptors (Lipinski definition) is 7. The van der Waals surface area contributed by atoms with E-state index in [0.717, 1.165) is 36.0 Å². The average Bonchev–Trinajstić information content (AvgIpc) is 3.31. The Kier molecular flexibility index (Phi) is 6.85. The summed E-state index contributed by atoms with van der Waals surface area (Å²) in [6, 6.07) is 13.7. The first-order valence-electron chi connectivity index (χ1n) is 12.7. The Hall–Kier alpha value is -4.17. The van der Waals surface area contributed by atoms with Gasteiger partial charge in [-0.1, -0.05) is 36.9 Å². The maximum Gasteiger partial charge on any atom is 0.247 e. The molecule has 0 fully saturated rings. The highest BCUT2D eigenvalue weighted by Crippen LogP contribution is 2.38. The number of ether oxygens (including phenoxy) is 1. The van der Waals surface area contributed by atoms with Crippen molar-refractivity contribution in [3.05, 3.63) is 84.2 Å². The molecule has 4 rings (SSSR count). The van der Waals surface area contributed by atoms with Gasteiger partial charge in [0.1, 0.15) is 5.75 Å². The molecule has 8 nitrogen and oxygen atoms in total. The first-order chi connectivity index (χ1) is 18.2. The van der Waals surface area contributed by atoms with Gasteiger partial charge in [0, 0.05) is 38.0 Å². The molecule has 0 atom stereocenters. The van der Waals surface area contributed by atoms with Crippen molar-refractivity contribution in [3.63, 3.8) is 0 Å². The zero-order valence-corrected chi connectivity index (χ0v) is 21.0. The minimum absolute atomic E-state index is 0.386. The normalized spacial score (nSPS) is 12.8. The fraction of sp³-hybridized carbons (Fsp3) is 0.250. The number of nitrogens with zero attached hydrogens (tertiary/aromatic N) is 4. The average molecular weight is 487 g/mol. The van der Waals surface area contributed by atoms with Crippen molar-refractivity contribution >= 4 is 34.5 Å². The number of nitrogens with one attached hydrogen (secondary N) is 2. The Balaban J connectivity index is 1.67. The third-order valence-electron chi connectivity index (χ3n) is 6.01. The van der Waals surface area contributed by atoms with E-state index < -0.39 is 12.4 Å². The summed E-state index contributed by atoms with van der Waals surface area (Å²) >= 11 is 0. The zero-order chi connectivity index (χ0) is 27.2. The second-order valence-corrected chi connectivity index (χ2v) is 8.80. The van der Waals surface area contributed by atoms with Crippen LogP contribution < -0.4 is 20.3 Å². The quantitative estimate of drug-likeness (QED) is 0.413. The van der Waals surface area contributed by atoms with Gasteiger partial charge in [0.15, 0.2) is 0 Å². The summed E-state index contributed by atoms with van der Waals surface area (Å²) in [4.78, 5) is 25.7. The van der Waals surface area contributed by atoms with E-state index in [1.54, 1.807) is 19.4 Å². The first kappa shape index (κ1) is 22.3. The molecule has 1 aliphatic carbocycles. The lowest BCUT2D eigenvalue weighted by atomic mass is 10.0. The molecule has 0 saturated carbocycles. The molecule has 0 saturated heterocycles. The second-order valence-electron chi connectivity index (χ2n) is 8.80. The van der Waals surface area contributed by atoms with Crippen LogP contribution in [0, 0.1) is 0 Å². The van der Waals surface area contributed by atoms with Crippen LogP contribution in [-0.4, -0.2) is 62.1 Å². The molecule has 186 valence electrons. The number of rotatable bonds is 10. The van der Waals surface area contributed by atoms with Gasteiger partial charge in [-0.15, -0.1) is 0 Å². The molecule has 0 radical (unpaired) electrons. The maximum atomic E-state index is 12.4. The molecule has 3 aromatic rings. The number of hydrogen-bond donors (Lipinski definition) is 2. The third-order valence-corrected chi connectivity index (χ3v) is 6.01. The highest BCUT2D eigenvalue weighted by Gasteiger charge is 2.19. The van der Waals surface area contributed by atoms with Gasteiger partial charge in [0.05, 0.1) is 32.6 Å². The topological polar surface area (TPSA) is 82.6 Å². The largest absolute Gasteiger partial charge is 0.494 e. The summed E-state index contributed by atoms with van der Waals surface area (Å²) < 4.78 is 20.3. The van der Waals surface area contributed by atoms with E-state index in [-0.39, 0.29) is 0 Å². The fourth-order valence-electron chi connectivity index (χ4n) is 4.11. The molecular formula is C28H32N6O2. The van der Waals surface area contributed by atoms with Gasteiger partial charge in [-0.05, 0) is 49.9 Å². The highest BCUT2D eigenvalue weighted by molar-refractivity contribution is 6.02. The summed E-state index contributed by atoms with van der Waals surface area (Å²) in [6.45, 7) is 0.922. The van der Waals surface area contributed by atoms with Crippen molar-refractivity contribution < 1.29 is 12.3 Å². The predicted octanol–water partition coefficient (Wildman–Crippen LogP) is 4.34. The van der Waals surface area contributed by atoms with E-state index in [4.69, 9.17) is 12.5 Å². The third kappa shape index (κ3) is 5.55. The maximum absolute atomic E-state index is 12.4. The number of aromatic nitrogens is 2. The van der Waals surface area contributed by atoms with E-state index >= 15 is 0 Å². The number of amides is 1. The number of anilines is 4. The van der Waals surface area contributed by atoms with E-state index in [1.807, 2.05) is 50.3 Å². The fourth-order valence-corrected chi connectivity index (χ4v) is 4.11. The van der Waals surface area contributed by atoms with E-state index in [1.165, 1.54) is 11.1 Å². The van der Waals surface area contributed by atoms with Gasteiger partial charge in [-0.2, -0.15) is 0 Å². The van der Waals surface area contributed by atoms with E-state index in [0.29, 0.717) is 29.6 Å². The first-order valence-corrected chi connectivity index (χ1v) is 11.7. The number of methoxy groups -OCH3 is 1.